The summed E-state index contributed by atoms with van der Waals surface area (Å²) in [5, 5.41) is 23.6. The Kier molecular flexibility index (Phi) is 3.61. The molecule has 7 heteroatoms. The molecule has 1 saturated carbocycles. The fourth-order valence-corrected chi connectivity index (χ4v) is 2.19. The van der Waals surface area contributed by atoms with Gasteiger partial charge in [-0.3, -0.25) is 10.1 Å². The molecule has 1 aromatic rings. The first-order valence-electron chi connectivity index (χ1n) is 5.93. The molecular weight excluding hydrogens is 236 g/mol. The fraction of sp³-hybridized carbons (Fsp3) is 0.545. The summed E-state index contributed by atoms with van der Waals surface area (Å²) in [6, 6.07) is 2.42. The van der Waals surface area contributed by atoms with Gasteiger partial charge >= 0.3 is 0 Å². The van der Waals surface area contributed by atoms with E-state index in [0.717, 1.165) is 25.7 Å². The number of anilines is 2. The predicted octanol–water partition coefficient (Wildman–Crippen LogP) is 1.29. The van der Waals surface area contributed by atoms with Crippen molar-refractivity contribution in [2.24, 2.45) is 0 Å². The van der Waals surface area contributed by atoms with Crippen molar-refractivity contribution in [2.45, 2.75) is 37.8 Å². The number of aliphatic hydroxyl groups is 1. The van der Waals surface area contributed by atoms with Crippen LogP contribution in [0.25, 0.3) is 0 Å². The molecule has 1 aliphatic carbocycles. The number of nitrogens with one attached hydrogen (secondary N) is 1. The number of hydrogen-bond donors (Lipinski definition) is 3. The predicted molar refractivity (Wildman–Crippen MR) is 67.2 cm³/mol. The Hall–Kier alpha value is -1.89. The lowest BCUT2D eigenvalue weighted by Crippen LogP contribution is -2.36. The van der Waals surface area contributed by atoms with Gasteiger partial charge in [0.1, 0.15) is 11.6 Å². The Morgan fingerprint density at radius 1 is 1.44 bits per heavy atom. The van der Waals surface area contributed by atoms with Crippen LogP contribution in [0.1, 0.15) is 25.7 Å². The quantitative estimate of drug-likeness (QED) is 0.551. The summed E-state index contributed by atoms with van der Waals surface area (Å²) in [4.78, 5) is 14.2. The second kappa shape index (κ2) is 5.18. The zero-order chi connectivity index (χ0) is 13.1. The molecular formula is C11H16N4O3. The van der Waals surface area contributed by atoms with E-state index in [0.29, 0.717) is 5.82 Å². The van der Waals surface area contributed by atoms with Gasteiger partial charge in [0, 0.05) is 0 Å². The smallest absolute Gasteiger partial charge is 0.276 e. The molecule has 0 aromatic carbocycles. The van der Waals surface area contributed by atoms with Gasteiger partial charge in [0.15, 0.2) is 0 Å². The van der Waals surface area contributed by atoms with Gasteiger partial charge in [0.05, 0.1) is 29.2 Å². The van der Waals surface area contributed by atoms with Gasteiger partial charge in [-0.25, -0.2) is 4.98 Å². The van der Waals surface area contributed by atoms with Crippen molar-refractivity contribution >= 4 is 17.3 Å². The molecule has 0 radical (unpaired) electrons. The molecule has 0 spiro atoms. The lowest BCUT2D eigenvalue weighted by molar-refractivity contribution is -0.384. The Balaban J connectivity index is 2.15. The van der Waals surface area contributed by atoms with Crippen LogP contribution in [-0.4, -0.2) is 27.2 Å². The lowest BCUT2D eigenvalue weighted by atomic mass is 9.92. The van der Waals surface area contributed by atoms with Gasteiger partial charge in [-0.15, -0.1) is 0 Å². The number of aromatic nitrogens is 1. The number of nitrogen functional groups attached to an aromatic ring is 1. The molecule has 98 valence electrons. The number of aliphatic hydroxyl groups excluding tert-OH is 1. The summed E-state index contributed by atoms with van der Waals surface area (Å²) in [5.41, 5.74) is 5.42. The zero-order valence-electron chi connectivity index (χ0n) is 9.87. The number of nitro groups is 1. The largest absolute Gasteiger partial charge is 0.391 e. The van der Waals surface area contributed by atoms with Crippen molar-refractivity contribution in [2.75, 3.05) is 11.1 Å². The first-order valence-corrected chi connectivity index (χ1v) is 5.93. The molecule has 2 atom stereocenters. The monoisotopic (exact) mass is 252 g/mol. The second-order valence-corrected chi connectivity index (χ2v) is 4.50. The van der Waals surface area contributed by atoms with Crippen molar-refractivity contribution in [1.82, 2.24) is 4.98 Å². The molecule has 7 nitrogen and oxygen atoms in total. The highest BCUT2D eigenvalue weighted by molar-refractivity contribution is 5.53. The van der Waals surface area contributed by atoms with E-state index in [9.17, 15) is 15.2 Å². The highest BCUT2D eigenvalue weighted by atomic mass is 16.6. The highest BCUT2D eigenvalue weighted by Gasteiger charge is 2.23. The first-order chi connectivity index (χ1) is 8.56. The molecule has 0 bridgehead atoms. The van der Waals surface area contributed by atoms with E-state index in [2.05, 4.69) is 10.3 Å². The zero-order valence-corrected chi connectivity index (χ0v) is 9.87. The third kappa shape index (κ3) is 2.86. The maximum atomic E-state index is 10.7. The normalized spacial score (nSPS) is 23.6. The summed E-state index contributed by atoms with van der Waals surface area (Å²) in [5.74, 6) is 0.435. The van der Waals surface area contributed by atoms with Crippen molar-refractivity contribution in [3.05, 3.63) is 22.2 Å². The van der Waals surface area contributed by atoms with Crippen molar-refractivity contribution in [1.29, 1.82) is 0 Å². The van der Waals surface area contributed by atoms with Crippen molar-refractivity contribution in [3.63, 3.8) is 0 Å². The standard InChI is InChI=1S/C11H16N4O3/c12-10-5-7(15(17)18)6-11(14-10)13-8-3-1-2-4-9(8)16/h5-6,8-9,16H,1-4H2,(H3,12,13,14). The number of nitrogens with zero attached hydrogens (tertiary/aromatic N) is 2. The summed E-state index contributed by atoms with van der Waals surface area (Å²) in [6.07, 6.45) is 3.15. The Labute approximate surface area is 104 Å². The van der Waals surface area contributed by atoms with Crippen LogP contribution in [0.3, 0.4) is 0 Å². The van der Waals surface area contributed by atoms with Gasteiger partial charge in [-0.1, -0.05) is 12.8 Å². The van der Waals surface area contributed by atoms with E-state index in [1.165, 1.54) is 12.1 Å². The van der Waals surface area contributed by atoms with E-state index in [1.807, 2.05) is 0 Å². The van der Waals surface area contributed by atoms with Crippen LogP contribution in [0, 0.1) is 10.1 Å². The molecule has 1 heterocycles. The molecule has 0 saturated heterocycles. The number of nitrogens with two attached hydrogens (primary N) is 1. The average Bonchev–Trinajstić information content (AvgIpc) is 2.31. The summed E-state index contributed by atoms with van der Waals surface area (Å²) in [6.45, 7) is 0. The molecule has 0 amide bonds. The van der Waals surface area contributed by atoms with Crippen LogP contribution in [0.4, 0.5) is 17.3 Å². The maximum absolute atomic E-state index is 10.7. The minimum absolute atomic E-state index is 0.0944. The number of hydrogen-bond acceptors (Lipinski definition) is 6. The van der Waals surface area contributed by atoms with Crippen LogP contribution >= 0.6 is 0 Å². The molecule has 2 unspecified atom stereocenters. The first kappa shape index (κ1) is 12.6. The Bertz CT molecular complexity index is 452. The van der Waals surface area contributed by atoms with Gasteiger partial charge in [0.2, 0.25) is 0 Å². The topological polar surface area (TPSA) is 114 Å². The minimum atomic E-state index is -0.513. The van der Waals surface area contributed by atoms with Gasteiger partial charge in [-0.2, -0.15) is 0 Å². The van der Waals surface area contributed by atoms with Crippen LogP contribution in [0.15, 0.2) is 12.1 Å². The SMILES string of the molecule is Nc1cc([N+](=O)[O-])cc(NC2CCCCC2O)n1. The summed E-state index contributed by atoms with van der Waals surface area (Å²) in [7, 11) is 0. The Morgan fingerprint density at radius 2 is 2.17 bits per heavy atom. The summed E-state index contributed by atoms with van der Waals surface area (Å²) >= 11 is 0. The highest BCUT2D eigenvalue weighted by Crippen LogP contribution is 2.24. The lowest BCUT2D eigenvalue weighted by Gasteiger charge is -2.28. The maximum Gasteiger partial charge on any atom is 0.276 e. The van der Waals surface area contributed by atoms with E-state index in [1.54, 1.807) is 0 Å². The average molecular weight is 252 g/mol. The molecule has 1 aliphatic rings. The van der Waals surface area contributed by atoms with Crippen LogP contribution in [-0.2, 0) is 0 Å². The fourth-order valence-electron chi connectivity index (χ4n) is 2.19. The van der Waals surface area contributed by atoms with Crippen molar-refractivity contribution < 1.29 is 10.0 Å². The van der Waals surface area contributed by atoms with E-state index in [4.69, 9.17) is 5.73 Å². The number of rotatable bonds is 3. The molecule has 18 heavy (non-hydrogen) atoms. The second-order valence-electron chi connectivity index (χ2n) is 4.50. The van der Waals surface area contributed by atoms with E-state index < -0.39 is 11.0 Å². The number of pyridine rings is 1. The van der Waals surface area contributed by atoms with Crippen LogP contribution in [0.5, 0.6) is 0 Å². The minimum Gasteiger partial charge on any atom is -0.391 e. The van der Waals surface area contributed by atoms with Gasteiger partial charge < -0.3 is 16.2 Å². The summed E-state index contributed by atoms with van der Waals surface area (Å²) < 4.78 is 0. The van der Waals surface area contributed by atoms with Crippen LogP contribution < -0.4 is 11.1 Å². The molecule has 0 aliphatic heterocycles. The third-order valence-electron chi connectivity index (χ3n) is 3.10. The molecule has 1 aromatic heterocycles. The molecule has 2 rings (SSSR count). The van der Waals surface area contributed by atoms with Crippen LogP contribution in [0.2, 0.25) is 0 Å². The molecule has 4 N–H and O–H groups in total. The van der Waals surface area contributed by atoms with Gasteiger partial charge in [-0.05, 0) is 12.8 Å². The molecule has 1 fully saturated rings. The third-order valence-corrected chi connectivity index (χ3v) is 3.10. The van der Waals surface area contributed by atoms with Crippen molar-refractivity contribution in [3.8, 4) is 0 Å². The van der Waals surface area contributed by atoms with E-state index >= 15 is 0 Å². The van der Waals surface area contributed by atoms with E-state index in [-0.39, 0.29) is 17.5 Å². The Morgan fingerprint density at radius 3 is 2.83 bits per heavy atom. The van der Waals surface area contributed by atoms with Gasteiger partial charge in [0.25, 0.3) is 5.69 Å².